The molecule has 1 aromatic carbocycles. The van der Waals surface area contributed by atoms with E-state index in [9.17, 15) is 0 Å². The molecule has 1 aliphatic carbocycles. The standard InChI is InChI=1S/C14H22N2/c1-9-5-7-13(11(9)3)16-14-8-12(15)6-4-10(14)2/h4,6,8-9,11,13,16H,5,7,15H2,1-3H3. The van der Waals surface area contributed by atoms with Crippen molar-refractivity contribution in [3.8, 4) is 0 Å². The lowest BCUT2D eigenvalue weighted by Crippen LogP contribution is -2.24. The molecular formula is C14H22N2. The van der Waals surface area contributed by atoms with E-state index in [4.69, 9.17) is 5.73 Å². The highest BCUT2D eigenvalue weighted by Crippen LogP contribution is 2.34. The first kappa shape index (κ1) is 11.3. The van der Waals surface area contributed by atoms with Crippen LogP contribution in [0.5, 0.6) is 0 Å². The van der Waals surface area contributed by atoms with Crippen molar-refractivity contribution in [1.29, 1.82) is 0 Å². The van der Waals surface area contributed by atoms with E-state index in [0.29, 0.717) is 6.04 Å². The minimum Gasteiger partial charge on any atom is -0.399 e. The van der Waals surface area contributed by atoms with E-state index < -0.39 is 0 Å². The Labute approximate surface area is 98.2 Å². The summed E-state index contributed by atoms with van der Waals surface area (Å²) in [6.07, 6.45) is 2.61. The third kappa shape index (κ3) is 2.16. The molecule has 16 heavy (non-hydrogen) atoms. The van der Waals surface area contributed by atoms with E-state index in [2.05, 4.69) is 32.2 Å². The highest BCUT2D eigenvalue weighted by Gasteiger charge is 2.29. The van der Waals surface area contributed by atoms with Crippen LogP contribution in [0.4, 0.5) is 11.4 Å². The minimum atomic E-state index is 0.607. The maximum absolute atomic E-state index is 5.82. The van der Waals surface area contributed by atoms with Gasteiger partial charge in [-0.2, -0.15) is 0 Å². The summed E-state index contributed by atoms with van der Waals surface area (Å²) in [6, 6.07) is 6.70. The Morgan fingerprint density at radius 3 is 2.62 bits per heavy atom. The van der Waals surface area contributed by atoms with Crippen LogP contribution < -0.4 is 11.1 Å². The highest BCUT2D eigenvalue weighted by atomic mass is 14.9. The second-order valence-corrected chi connectivity index (χ2v) is 5.24. The van der Waals surface area contributed by atoms with Crippen LogP contribution in [-0.4, -0.2) is 6.04 Å². The van der Waals surface area contributed by atoms with Crippen molar-refractivity contribution in [3.05, 3.63) is 23.8 Å². The number of hydrogen-bond donors (Lipinski definition) is 2. The van der Waals surface area contributed by atoms with Gasteiger partial charge in [0.25, 0.3) is 0 Å². The summed E-state index contributed by atoms with van der Waals surface area (Å²) in [6.45, 7) is 6.82. The molecule has 3 atom stereocenters. The topological polar surface area (TPSA) is 38.0 Å². The number of nitrogens with one attached hydrogen (secondary N) is 1. The first-order valence-corrected chi connectivity index (χ1v) is 6.20. The van der Waals surface area contributed by atoms with Crippen LogP contribution in [-0.2, 0) is 0 Å². The van der Waals surface area contributed by atoms with Crippen molar-refractivity contribution in [1.82, 2.24) is 0 Å². The lowest BCUT2D eigenvalue weighted by atomic mass is 9.97. The molecule has 3 unspecified atom stereocenters. The average Bonchev–Trinajstić information content (AvgIpc) is 2.55. The van der Waals surface area contributed by atoms with Crippen molar-refractivity contribution < 1.29 is 0 Å². The number of hydrogen-bond acceptors (Lipinski definition) is 2. The predicted octanol–water partition coefficient (Wildman–Crippen LogP) is 3.42. The Hall–Kier alpha value is -1.18. The fourth-order valence-corrected chi connectivity index (χ4v) is 2.56. The largest absolute Gasteiger partial charge is 0.399 e. The van der Waals surface area contributed by atoms with E-state index in [-0.39, 0.29) is 0 Å². The molecule has 0 heterocycles. The van der Waals surface area contributed by atoms with Gasteiger partial charge in [0.2, 0.25) is 0 Å². The summed E-state index contributed by atoms with van der Waals surface area (Å²) in [7, 11) is 0. The molecule has 0 aromatic heterocycles. The van der Waals surface area contributed by atoms with Crippen LogP contribution in [0.3, 0.4) is 0 Å². The van der Waals surface area contributed by atoms with Gasteiger partial charge in [0.05, 0.1) is 0 Å². The smallest absolute Gasteiger partial charge is 0.0392 e. The SMILES string of the molecule is Cc1ccc(N)cc1NC1CCC(C)C1C. The average molecular weight is 218 g/mol. The van der Waals surface area contributed by atoms with Crippen molar-refractivity contribution in [2.45, 2.75) is 39.7 Å². The van der Waals surface area contributed by atoms with Crippen LogP contribution in [0.25, 0.3) is 0 Å². The molecule has 0 saturated heterocycles. The zero-order valence-electron chi connectivity index (χ0n) is 10.5. The van der Waals surface area contributed by atoms with Gasteiger partial charge in [-0.15, -0.1) is 0 Å². The molecule has 0 spiro atoms. The summed E-state index contributed by atoms with van der Waals surface area (Å²) in [4.78, 5) is 0. The van der Waals surface area contributed by atoms with Crippen LogP contribution in [0.1, 0.15) is 32.3 Å². The normalized spacial score (nSPS) is 29.3. The van der Waals surface area contributed by atoms with Gasteiger partial charge in [-0.25, -0.2) is 0 Å². The second-order valence-electron chi connectivity index (χ2n) is 5.24. The van der Waals surface area contributed by atoms with E-state index in [1.165, 1.54) is 24.1 Å². The minimum absolute atomic E-state index is 0.607. The van der Waals surface area contributed by atoms with Gasteiger partial charge >= 0.3 is 0 Å². The van der Waals surface area contributed by atoms with Crippen molar-refractivity contribution >= 4 is 11.4 Å². The Morgan fingerprint density at radius 1 is 1.25 bits per heavy atom. The third-order valence-corrected chi connectivity index (χ3v) is 4.07. The van der Waals surface area contributed by atoms with Gasteiger partial charge in [-0.3, -0.25) is 0 Å². The third-order valence-electron chi connectivity index (χ3n) is 4.07. The van der Waals surface area contributed by atoms with Gasteiger partial charge in [-0.1, -0.05) is 19.9 Å². The predicted molar refractivity (Wildman–Crippen MR) is 70.6 cm³/mol. The lowest BCUT2D eigenvalue weighted by molar-refractivity contribution is 0.435. The first-order valence-electron chi connectivity index (χ1n) is 6.20. The molecule has 0 bridgehead atoms. The molecule has 2 nitrogen and oxygen atoms in total. The number of anilines is 2. The number of nitrogens with two attached hydrogens (primary N) is 1. The number of nitrogen functional groups attached to an aromatic ring is 1. The fraction of sp³-hybridized carbons (Fsp3) is 0.571. The lowest BCUT2D eigenvalue weighted by Gasteiger charge is -2.22. The van der Waals surface area contributed by atoms with Crippen molar-refractivity contribution in [2.75, 3.05) is 11.1 Å². The van der Waals surface area contributed by atoms with Gasteiger partial charge in [-0.05, 0) is 49.3 Å². The van der Waals surface area contributed by atoms with Crippen LogP contribution in [0.2, 0.25) is 0 Å². The van der Waals surface area contributed by atoms with E-state index >= 15 is 0 Å². The quantitative estimate of drug-likeness (QED) is 0.746. The molecule has 0 aliphatic heterocycles. The molecule has 2 heteroatoms. The summed E-state index contributed by atoms with van der Waals surface area (Å²) in [5.41, 5.74) is 9.14. The molecular weight excluding hydrogens is 196 g/mol. The molecule has 3 N–H and O–H groups in total. The summed E-state index contributed by atoms with van der Waals surface area (Å²) in [5, 5.41) is 3.65. The van der Waals surface area contributed by atoms with Gasteiger partial charge < -0.3 is 11.1 Å². The van der Waals surface area contributed by atoms with E-state index in [1.54, 1.807) is 0 Å². The summed E-state index contributed by atoms with van der Waals surface area (Å²) in [5.74, 6) is 1.58. The maximum atomic E-state index is 5.82. The maximum Gasteiger partial charge on any atom is 0.0392 e. The van der Waals surface area contributed by atoms with E-state index in [1.807, 2.05) is 12.1 Å². The zero-order valence-corrected chi connectivity index (χ0v) is 10.5. The van der Waals surface area contributed by atoms with Crippen LogP contribution >= 0.6 is 0 Å². The Morgan fingerprint density at radius 2 is 2.00 bits per heavy atom. The van der Waals surface area contributed by atoms with Gasteiger partial charge in [0.15, 0.2) is 0 Å². The van der Waals surface area contributed by atoms with Crippen molar-refractivity contribution in [2.24, 2.45) is 11.8 Å². The Balaban J connectivity index is 2.12. The number of benzene rings is 1. The molecule has 88 valence electrons. The molecule has 1 fully saturated rings. The Kier molecular flexibility index (Phi) is 3.08. The second kappa shape index (κ2) is 4.36. The zero-order chi connectivity index (χ0) is 11.7. The first-order chi connectivity index (χ1) is 7.58. The summed E-state index contributed by atoms with van der Waals surface area (Å²) >= 11 is 0. The molecule has 1 aromatic rings. The monoisotopic (exact) mass is 218 g/mol. The molecule has 1 aliphatic rings. The Bertz CT molecular complexity index is 373. The number of aryl methyl sites for hydroxylation is 1. The fourth-order valence-electron chi connectivity index (χ4n) is 2.56. The van der Waals surface area contributed by atoms with Crippen LogP contribution in [0.15, 0.2) is 18.2 Å². The van der Waals surface area contributed by atoms with E-state index in [0.717, 1.165) is 17.5 Å². The summed E-state index contributed by atoms with van der Waals surface area (Å²) < 4.78 is 0. The molecule has 1 saturated carbocycles. The molecule has 0 radical (unpaired) electrons. The van der Waals surface area contributed by atoms with Crippen LogP contribution in [0, 0.1) is 18.8 Å². The highest BCUT2D eigenvalue weighted by molar-refractivity contribution is 5.59. The van der Waals surface area contributed by atoms with Crippen molar-refractivity contribution in [3.63, 3.8) is 0 Å². The number of rotatable bonds is 2. The molecule has 2 rings (SSSR count). The van der Waals surface area contributed by atoms with Gasteiger partial charge in [0, 0.05) is 17.4 Å². The molecule has 0 amide bonds. The van der Waals surface area contributed by atoms with Gasteiger partial charge in [0.1, 0.15) is 0 Å².